The molecule has 2 heteroatoms. The summed E-state index contributed by atoms with van der Waals surface area (Å²) in [7, 11) is 0. The molecule has 0 bridgehead atoms. The smallest absolute Gasteiger partial charge is 0.220 e. The lowest BCUT2D eigenvalue weighted by atomic mass is 9.76. The zero-order valence-electron chi connectivity index (χ0n) is 9.31. The van der Waals surface area contributed by atoms with Gasteiger partial charge in [0.1, 0.15) is 0 Å². The highest BCUT2D eigenvalue weighted by Gasteiger charge is 2.47. The Kier molecular flexibility index (Phi) is 2.54. The second kappa shape index (κ2) is 3.56. The number of carbonyl (C=O) groups excluding carboxylic acids is 1. The fourth-order valence-electron chi connectivity index (χ4n) is 3.23. The molecule has 14 heavy (non-hydrogen) atoms. The Bertz CT molecular complexity index is 228. The van der Waals surface area contributed by atoms with Crippen molar-refractivity contribution in [1.29, 1.82) is 0 Å². The van der Waals surface area contributed by atoms with Gasteiger partial charge in [0.2, 0.25) is 5.91 Å². The fourth-order valence-corrected chi connectivity index (χ4v) is 3.23. The van der Waals surface area contributed by atoms with Gasteiger partial charge >= 0.3 is 0 Å². The molecule has 2 rings (SSSR count). The van der Waals surface area contributed by atoms with Crippen molar-refractivity contribution in [2.75, 3.05) is 0 Å². The Hall–Kier alpha value is -0.530. The molecule has 1 saturated carbocycles. The van der Waals surface area contributed by atoms with Gasteiger partial charge in [-0.3, -0.25) is 4.79 Å². The quantitative estimate of drug-likeness (QED) is 0.720. The van der Waals surface area contributed by atoms with E-state index in [-0.39, 0.29) is 5.91 Å². The van der Waals surface area contributed by atoms with E-state index in [0.717, 1.165) is 12.8 Å². The van der Waals surface area contributed by atoms with E-state index in [1.54, 1.807) is 0 Å². The molecule has 0 radical (unpaired) electrons. The van der Waals surface area contributed by atoms with E-state index in [4.69, 9.17) is 0 Å². The number of amides is 1. The first-order valence-electron chi connectivity index (χ1n) is 5.92. The number of rotatable bonds is 2. The van der Waals surface area contributed by atoms with Gasteiger partial charge in [0.05, 0.1) is 0 Å². The molecule has 1 unspecified atom stereocenters. The van der Waals surface area contributed by atoms with Crippen LogP contribution in [-0.4, -0.2) is 11.9 Å². The summed E-state index contributed by atoms with van der Waals surface area (Å²) in [6, 6.07) is 0.470. The second-order valence-corrected chi connectivity index (χ2v) is 5.50. The molecule has 80 valence electrons. The van der Waals surface area contributed by atoms with Gasteiger partial charge in [-0.05, 0) is 30.6 Å². The van der Waals surface area contributed by atoms with E-state index in [1.165, 1.54) is 25.7 Å². The zero-order valence-corrected chi connectivity index (χ0v) is 9.31. The SMILES string of the molecule is CC(C)CC1NC(=O)CC12CCCC2. The summed E-state index contributed by atoms with van der Waals surface area (Å²) in [6.07, 6.45) is 7.13. The first kappa shape index (κ1) is 10.0. The minimum absolute atomic E-state index is 0.289. The maximum absolute atomic E-state index is 11.5. The molecule has 0 aromatic rings. The third-order valence-corrected chi connectivity index (χ3v) is 3.89. The third kappa shape index (κ3) is 1.67. The highest BCUT2D eigenvalue weighted by atomic mass is 16.2. The van der Waals surface area contributed by atoms with Crippen molar-refractivity contribution >= 4 is 5.91 Å². The van der Waals surface area contributed by atoms with Gasteiger partial charge in [-0.25, -0.2) is 0 Å². The second-order valence-electron chi connectivity index (χ2n) is 5.50. The lowest BCUT2D eigenvalue weighted by Crippen LogP contribution is -2.36. The largest absolute Gasteiger partial charge is 0.353 e. The lowest BCUT2D eigenvalue weighted by Gasteiger charge is -2.30. The van der Waals surface area contributed by atoms with Crippen LogP contribution in [0.25, 0.3) is 0 Å². The molecule has 0 aromatic carbocycles. The van der Waals surface area contributed by atoms with Crippen LogP contribution >= 0.6 is 0 Å². The van der Waals surface area contributed by atoms with Crippen molar-refractivity contribution in [2.24, 2.45) is 11.3 Å². The molecule has 1 heterocycles. The van der Waals surface area contributed by atoms with E-state index in [1.807, 2.05) is 0 Å². The minimum atomic E-state index is 0.289. The number of carbonyl (C=O) groups is 1. The van der Waals surface area contributed by atoms with Gasteiger partial charge in [-0.15, -0.1) is 0 Å². The van der Waals surface area contributed by atoms with Gasteiger partial charge in [0.25, 0.3) is 0 Å². The van der Waals surface area contributed by atoms with E-state index >= 15 is 0 Å². The molecular formula is C12H21NO. The predicted molar refractivity (Wildman–Crippen MR) is 56.9 cm³/mol. The first-order valence-corrected chi connectivity index (χ1v) is 5.92. The van der Waals surface area contributed by atoms with Crippen molar-refractivity contribution in [3.8, 4) is 0 Å². The summed E-state index contributed by atoms with van der Waals surface area (Å²) in [6.45, 7) is 4.49. The molecule has 1 atom stereocenters. The minimum Gasteiger partial charge on any atom is -0.353 e. The van der Waals surface area contributed by atoms with Gasteiger partial charge in [-0.2, -0.15) is 0 Å². The van der Waals surface area contributed by atoms with Gasteiger partial charge < -0.3 is 5.32 Å². The molecule has 1 saturated heterocycles. The van der Waals surface area contributed by atoms with E-state index in [9.17, 15) is 4.79 Å². The van der Waals surface area contributed by atoms with Gasteiger partial charge in [-0.1, -0.05) is 26.7 Å². The summed E-state index contributed by atoms with van der Waals surface area (Å²) in [5.74, 6) is 0.980. The Morgan fingerprint density at radius 2 is 2.07 bits per heavy atom. The molecule has 1 spiro atoms. The van der Waals surface area contributed by atoms with Crippen molar-refractivity contribution in [1.82, 2.24) is 5.32 Å². The van der Waals surface area contributed by atoms with Crippen molar-refractivity contribution in [3.05, 3.63) is 0 Å². The van der Waals surface area contributed by atoms with Crippen molar-refractivity contribution < 1.29 is 4.79 Å². The summed E-state index contributed by atoms with van der Waals surface area (Å²) in [4.78, 5) is 11.5. The van der Waals surface area contributed by atoms with Gasteiger partial charge in [0.15, 0.2) is 0 Å². The summed E-state index contributed by atoms with van der Waals surface area (Å²) in [5.41, 5.74) is 0.349. The Morgan fingerprint density at radius 3 is 2.64 bits per heavy atom. The van der Waals surface area contributed by atoms with Crippen LogP contribution in [0.3, 0.4) is 0 Å². The average molecular weight is 195 g/mol. The maximum Gasteiger partial charge on any atom is 0.220 e. The molecule has 2 fully saturated rings. The normalized spacial score (nSPS) is 30.2. The Balaban J connectivity index is 2.09. The van der Waals surface area contributed by atoms with E-state index in [0.29, 0.717) is 17.4 Å². The molecule has 2 nitrogen and oxygen atoms in total. The van der Waals surface area contributed by atoms with Crippen LogP contribution in [0.5, 0.6) is 0 Å². The van der Waals surface area contributed by atoms with Crippen molar-refractivity contribution in [2.45, 2.75) is 58.4 Å². The van der Waals surface area contributed by atoms with Crippen LogP contribution in [0.4, 0.5) is 0 Å². The fraction of sp³-hybridized carbons (Fsp3) is 0.917. The van der Waals surface area contributed by atoms with E-state index < -0.39 is 0 Å². The molecule has 0 aromatic heterocycles. The molecule has 1 aliphatic heterocycles. The monoisotopic (exact) mass is 195 g/mol. The lowest BCUT2D eigenvalue weighted by molar-refractivity contribution is -0.119. The van der Waals surface area contributed by atoms with Crippen LogP contribution in [0, 0.1) is 11.3 Å². The van der Waals surface area contributed by atoms with E-state index in [2.05, 4.69) is 19.2 Å². The standard InChI is InChI=1S/C12H21NO/c1-9(2)7-10-12(5-3-4-6-12)8-11(14)13-10/h9-10H,3-8H2,1-2H3,(H,13,14). The molecule has 1 aliphatic carbocycles. The van der Waals surface area contributed by atoms with Crippen LogP contribution in [0.1, 0.15) is 52.4 Å². The van der Waals surface area contributed by atoms with Crippen LogP contribution < -0.4 is 5.32 Å². The average Bonchev–Trinajstić information content (AvgIpc) is 2.61. The van der Waals surface area contributed by atoms with Crippen LogP contribution in [-0.2, 0) is 4.79 Å². The Labute approximate surface area is 86.5 Å². The maximum atomic E-state index is 11.5. The predicted octanol–water partition coefficient (Wildman–Crippen LogP) is 2.48. The Morgan fingerprint density at radius 1 is 1.43 bits per heavy atom. The van der Waals surface area contributed by atoms with Crippen molar-refractivity contribution in [3.63, 3.8) is 0 Å². The summed E-state index contributed by atoms with van der Waals surface area (Å²) < 4.78 is 0. The summed E-state index contributed by atoms with van der Waals surface area (Å²) in [5, 5.41) is 3.18. The summed E-state index contributed by atoms with van der Waals surface area (Å²) >= 11 is 0. The third-order valence-electron chi connectivity index (χ3n) is 3.89. The molecule has 2 aliphatic rings. The highest BCUT2D eigenvalue weighted by Crippen LogP contribution is 2.48. The van der Waals surface area contributed by atoms with Crippen LogP contribution in [0.2, 0.25) is 0 Å². The number of nitrogens with one attached hydrogen (secondary N) is 1. The number of hydrogen-bond acceptors (Lipinski definition) is 1. The van der Waals surface area contributed by atoms with Crippen LogP contribution in [0.15, 0.2) is 0 Å². The molecule has 1 amide bonds. The van der Waals surface area contributed by atoms with Gasteiger partial charge in [0, 0.05) is 12.5 Å². The highest BCUT2D eigenvalue weighted by molar-refractivity contribution is 5.80. The molecular weight excluding hydrogens is 174 g/mol. The molecule has 1 N–H and O–H groups in total. The topological polar surface area (TPSA) is 29.1 Å². The zero-order chi connectivity index (χ0) is 10.2. The first-order chi connectivity index (χ1) is 6.62. The number of hydrogen-bond donors (Lipinski definition) is 1.